The predicted molar refractivity (Wildman–Crippen MR) is 122 cm³/mol. The summed E-state index contributed by atoms with van der Waals surface area (Å²) in [7, 11) is 0. The Morgan fingerprint density at radius 2 is 2.03 bits per heavy atom. The van der Waals surface area contributed by atoms with Crippen molar-refractivity contribution < 1.29 is 4.79 Å². The van der Waals surface area contributed by atoms with E-state index in [0.29, 0.717) is 25.0 Å². The summed E-state index contributed by atoms with van der Waals surface area (Å²) in [6.07, 6.45) is 4.22. The van der Waals surface area contributed by atoms with Crippen molar-refractivity contribution >= 4 is 27.6 Å². The van der Waals surface area contributed by atoms with Gasteiger partial charge >= 0.3 is 6.03 Å². The largest absolute Gasteiger partial charge is 0.338 e. The number of benzene rings is 2. The Kier molecular flexibility index (Phi) is 7.26. The third-order valence-corrected chi connectivity index (χ3v) is 6.05. The van der Waals surface area contributed by atoms with E-state index < -0.39 is 0 Å². The molecule has 31 heavy (non-hydrogen) atoms. The molecule has 1 heterocycles. The zero-order valence-electron chi connectivity index (χ0n) is 17.2. The van der Waals surface area contributed by atoms with Crippen LogP contribution in [0.2, 0.25) is 0 Å². The molecule has 9 heteroatoms. The van der Waals surface area contributed by atoms with Gasteiger partial charge in [0, 0.05) is 29.3 Å². The molecule has 0 saturated heterocycles. The van der Waals surface area contributed by atoms with Crippen molar-refractivity contribution in [2.75, 3.05) is 18.4 Å². The molecule has 1 aliphatic rings. The minimum absolute atomic E-state index is 0.199. The maximum atomic E-state index is 12.2. The molecule has 0 spiro atoms. The van der Waals surface area contributed by atoms with Crippen LogP contribution >= 0.6 is 15.9 Å². The average molecular weight is 484 g/mol. The summed E-state index contributed by atoms with van der Waals surface area (Å²) in [6, 6.07) is 16.3. The molecule has 3 N–H and O–H groups in total. The number of H-pyrrole nitrogens is 1. The Hall–Kier alpha value is -2.78. The predicted octanol–water partition coefficient (Wildman–Crippen LogP) is 4.05. The molecule has 1 aliphatic carbocycles. The Bertz CT molecular complexity index is 978. The zero-order chi connectivity index (χ0) is 21.5. The number of nitrogens with zero attached hydrogens (tertiary/aromatic N) is 4. The van der Waals surface area contributed by atoms with Crippen LogP contribution in [0.15, 0.2) is 53.0 Å². The van der Waals surface area contributed by atoms with Gasteiger partial charge in [-0.15, -0.1) is 10.2 Å². The van der Waals surface area contributed by atoms with Gasteiger partial charge < -0.3 is 10.6 Å². The molecule has 0 radical (unpaired) electrons. The number of amides is 2. The lowest BCUT2D eigenvalue weighted by atomic mass is 9.86. The van der Waals surface area contributed by atoms with Gasteiger partial charge in [-0.05, 0) is 61.1 Å². The highest BCUT2D eigenvalue weighted by Crippen LogP contribution is 2.34. The maximum Gasteiger partial charge on any atom is 0.319 e. The summed E-state index contributed by atoms with van der Waals surface area (Å²) in [5.74, 6) is 0.684. The number of hydrogen-bond acceptors (Lipinski definition) is 5. The summed E-state index contributed by atoms with van der Waals surface area (Å²) in [5.41, 5.74) is 3.57. The van der Waals surface area contributed by atoms with Crippen LogP contribution in [0.4, 0.5) is 10.5 Å². The van der Waals surface area contributed by atoms with Gasteiger partial charge in [0.2, 0.25) is 0 Å². The quantitative estimate of drug-likeness (QED) is 0.419. The summed E-state index contributed by atoms with van der Waals surface area (Å²) >= 11 is 3.39. The number of nitrogens with one attached hydrogen (secondary N) is 3. The molecule has 162 valence electrons. The molecule has 2 amide bonds. The van der Waals surface area contributed by atoms with Crippen molar-refractivity contribution in [3.63, 3.8) is 0 Å². The SMILES string of the molecule is O=C(NCCCN(Cc1nn[nH]n1)C1CCCc2ccccc21)Nc1ccc(Br)cc1. The third kappa shape index (κ3) is 5.89. The Morgan fingerprint density at radius 3 is 2.84 bits per heavy atom. The van der Waals surface area contributed by atoms with Gasteiger partial charge in [-0.25, -0.2) is 4.79 Å². The van der Waals surface area contributed by atoms with Gasteiger partial charge in [0.15, 0.2) is 5.82 Å². The zero-order valence-corrected chi connectivity index (χ0v) is 18.8. The molecular weight excluding hydrogens is 458 g/mol. The average Bonchev–Trinajstić information content (AvgIpc) is 3.30. The van der Waals surface area contributed by atoms with E-state index in [1.54, 1.807) is 0 Å². The number of urea groups is 1. The number of aromatic amines is 1. The number of rotatable bonds is 8. The maximum absolute atomic E-state index is 12.2. The van der Waals surface area contributed by atoms with Crippen LogP contribution in [0.3, 0.4) is 0 Å². The van der Waals surface area contributed by atoms with E-state index in [2.05, 4.69) is 76.4 Å². The molecule has 0 bridgehead atoms. The standard InChI is InChI=1S/C22H26BrN7O/c23-17-9-11-18(12-10-17)25-22(31)24-13-4-14-30(15-21-26-28-29-27-21)20-8-3-6-16-5-1-2-7-19(16)20/h1-2,5,7,9-12,20H,3-4,6,8,13-15H2,(H2,24,25,31)(H,26,27,28,29). The number of hydrogen-bond donors (Lipinski definition) is 3. The van der Waals surface area contributed by atoms with Gasteiger partial charge in [-0.3, -0.25) is 4.90 Å². The minimum Gasteiger partial charge on any atom is -0.338 e. The van der Waals surface area contributed by atoms with Crippen molar-refractivity contribution in [1.82, 2.24) is 30.8 Å². The molecule has 3 aromatic rings. The van der Waals surface area contributed by atoms with Gasteiger partial charge in [-0.2, -0.15) is 5.21 Å². The summed E-state index contributed by atoms with van der Waals surface area (Å²) < 4.78 is 0.976. The highest BCUT2D eigenvalue weighted by atomic mass is 79.9. The molecular formula is C22H26BrN7O. The number of fused-ring (bicyclic) bond motifs is 1. The van der Waals surface area contributed by atoms with E-state index in [0.717, 1.165) is 42.4 Å². The molecule has 8 nitrogen and oxygen atoms in total. The number of aromatic nitrogens is 4. The monoisotopic (exact) mass is 483 g/mol. The first-order valence-corrected chi connectivity index (χ1v) is 11.3. The van der Waals surface area contributed by atoms with Crippen molar-refractivity contribution in [3.8, 4) is 0 Å². The van der Waals surface area contributed by atoms with Crippen molar-refractivity contribution in [2.24, 2.45) is 0 Å². The number of carbonyl (C=O) groups is 1. The highest BCUT2D eigenvalue weighted by molar-refractivity contribution is 9.10. The topological polar surface area (TPSA) is 98.8 Å². The van der Waals surface area contributed by atoms with Gasteiger partial charge in [0.1, 0.15) is 0 Å². The van der Waals surface area contributed by atoms with Gasteiger partial charge in [0.25, 0.3) is 0 Å². The highest BCUT2D eigenvalue weighted by Gasteiger charge is 2.26. The second-order valence-electron chi connectivity index (χ2n) is 7.65. The number of halogens is 1. The van der Waals surface area contributed by atoms with Crippen LogP contribution in [-0.2, 0) is 13.0 Å². The van der Waals surface area contributed by atoms with Gasteiger partial charge in [-0.1, -0.05) is 45.4 Å². The van der Waals surface area contributed by atoms with E-state index in [1.165, 1.54) is 11.1 Å². The fourth-order valence-electron chi connectivity index (χ4n) is 4.08. The fourth-order valence-corrected chi connectivity index (χ4v) is 4.34. The number of carbonyl (C=O) groups excluding carboxylic acids is 1. The molecule has 4 rings (SSSR count). The molecule has 1 unspecified atom stereocenters. The Labute approximate surface area is 189 Å². The Balaban J connectivity index is 1.34. The minimum atomic E-state index is -0.199. The van der Waals surface area contributed by atoms with E-state index in [9.17, 15) is 4.79 Å². The second-order valence-corrected chi connectivity index (χ2v) is 8.56. The van der Waals surface area contributed by atoms with E-state index in [1.807, 2.05) is 24.3 Å². The van der Waals surface area contributed by atoms with E-state index in [4.69, 9.17) is 0 Å². The first-order chi connectivity index (χ1) is 15.2. The molecule has 0 saturated carbocycles. The molecule has 0 fully saturated rings. The molecule has 0 aliphatic heterocycles. The lowest BCUT2D eigenvalue weighted by Gasteiger charge is -2.35. The van der Waals surface area contributed by atoms with Crippen LogP contribution in [0.1, 0.15) is 42.3 Å². The van der Waals surface area contributed by atoms with Crippen molar-refractivity contribution in [2.45, 2.75) is 38.3 Å². The number of aryl methyl sites for hydroxylation is 1. The number of anilines is 1. The van der Waals surface area contributed by atoms with Crippen LogP contribution in [0.25, 0.3) is 0 Å². The molecule has 2 aromatic carbocycles. The molecule has 1 atom stereocenters. The van der Waals surface area contributed by atoms with Gasteiger partial charge in [0.05, 0.1) is 6.54 Å². The van der Waals surface area contributed by atoms with Crippen LogP contribution in [0.5, 0.6) is 0 Å². The molecule has 1 aromatic heterocycles. The lowest BCUT2D eigenvalue weighted by Crippen LogP contribution is -2.35. The summed E-state index contributed by atoms with van der Waals surface area (Å²) in [4.78, 5) is 14.6. The first kappa shape index (κ1) is 21.5. The van der Waals surface area contributed by atoms with E-state index in [-0.39, 0.29) is 6.03 Å². The van der Waals surface area contributed by atoms with Crippen LogP contribution < -0.4 is 10.6 Å². The number of tetrazole rings is 1. The van der Waals surface area contributed by atoms with Crippen molar-refractivity contribution in [3.05, 3.63) is 70.0 Å². The van der Waals surface area contributed by atoms with Crippen LogP contribution in [-0.4, -0.2) is 44.6 Å². The second kappa shape index (κ2) is 10.5. The van der Waals surface area contributed by atoms with Crippen molar-refractivity contribution in [1.29, 1.82) is 0 Å². The summed E-state index contributed by atoms with van der Waals surface area (Å²) in [5, 5.41) is 20.3. The lowest BCUT2D eigenvalue weighted by molar-refractivity contribution is 0.163. The van der Waals surface area contributed by atoms with Crippen LogP contribution in [0, 0.1) is 0 Å². The fraction of sp³-hybridized carbons (Fsp3) is 0.364. The smallest absolute Gasteiger partial charge is 0.319 e. The van der Waals surface area contributed by atoms with E-state index >= 15 is 0 Å². The Morgan fingerprint density at radius 1 is 1.19 bits per heavy atom. The normalized spacial score (nSPS) is 15.5. The summed E-state index contributed by atoms with van der Waals surface area (Å²) in [6.45, 7) is 2.03. The third-order valence-electron chi connectivity index (χ3n) is 5.52. The first-order valence-electron chi connectivity index (χ1n) is 10.5.